The van der Waals surface area contributed by atoms with Gasteiger partial charge in [-0.1, -0.05) is 18.7 Å². The lowest BCUT2D eigenvalue weighted by atomic mass is 10.0. The number of ether oxygens (including phenoxy) is 1. The number of hydrogen-bond acceptors (Lipinski definition) is 6. The first-order chi connectivity index (χ1) is 19.9. The Hall–Kier alpha value is -4.73. The minimum atomic E-state index is 0.470. The predicted octanol–water partition coefficient (Wildman–Crippen LogP) is 5.83. The molecule has 2 aliphatic carbocycles. The van der Waals surface area contributed by atoms with Crippen LogP contribution in [-0.2, 0) is 14.1 Å². The Kier molecular flexibility index (Phi) is 5.07. The first-order valence-electron chi connectivity index (χ1n) is 14.1. The molecule has 0 amide bonds. The molecule has 206 valence electrons. The molecule has 0 aliphatic heterocycles. The van der Waals surface area contributed by atoms with Crippen LogP contribution in [0.15, 0.2) is 49.4 Å². The van der Waals surface area contributed by atoms with Gasteiger partial charge < -0.3 is 9.30 Å². The summed E-state index contributed by atoms with van der Waals surface area (Å²) in [6.07, 6.45) is 10.7. The zero-order valence-electron chi connectivity index (χ0n) is 23.7. The summed E-state index contributed by atoms with van der Waals surface area (Å²) in [7, 11) is 5.72. The van der Waals surface area contributed by atoms with Crippen LogP contribution in [0, 0.1) is 0 Å². The van der Waals surface area contributed by atoms with Crippen LogP contribution in [0.1, 0.15) is 55.8 Å². The van der Waals surface area contributed by atoms with Crippen molar-refractivity contribution in [3.8, 4) is 34.2 Å². The van der Waals surface area contributed by atoms with Crippen LogP contribution in [-0.4, -0.2) is 51.0 Å². The molecule has 10 nitrogen and oxygen atoms in total. The van der Waals surface area contributed by atoms with Crippen molar-refractivity contribution in [1.82, 2.24) is 43.9 Å². The summed E-state index contributed by atoms with van der Waals surface area (Å²) in [4.78, 5) is 10.4. The van der Waals surface area contributed by atoms with Crippen LogP contribution in [0.5, 0.6) is 5.88 Å². The summed E-state index contributed by atoms with van der Waals surface area (Å²) in [5.41, 5.74) is 8.85. The van der Waals surface area contributed by atoms with Gasteiger partial charge in [-0.05, 0) is 44.7 Å². The number of benzene rings is 1. The predicted molar refractivity (Wildman–Crippen MR) is 158 cm³/mol. The van der Waals surface area contributed by atoms with Crippen molar-refractivity contribution >= 4 is 27.6 Å². The molecule has 0 N–H and O–H groups in total. The Morgan fingerprint density at radius 3 is 2.49 bits per heavy atom. The van der Waals surface area contributed by atoms with Crippen LogP contribution in [0.3, 0.4) is 0 Å². The molecule has 5 aromatic heterocycles. The Morgan fingerprint density at radius 2 is 1.76 bits per heavy atom. The third-order valence-electron chi connectivity index (χ3n) is 8.25. The van der Waals surface area contributed by atoms with Gasteiger partial charge in [-0.15, -0.1) is 5.10 Å². The molecule has 0 spiro atoms. The van der Waals surface area contributed by atoms with Gasteiger partial charge in [0.15, 0.2) is 5.65 Å². The second kappa shape index (κ2) is 8.63. The van der Waals surface area contributed by atoms with E-state index in [0.717, 1.165) is 74.5 Å². The fraction of sp³-hybridized carbons (Fsp3) is 0.323. The monoisotopic (exact) mass is 545 g/mol. The first-order valence-corrected chi connectivity index (χ1v) is 14.1. The third kappa shape index (κ3) is 3.81. The molecule has 0 unspecified atom stereocenters. The fourth-order valence-electron chi connectivity index (χ4n) is 5.93. The third-order valence-corrected chi connectivity index (χ3v) is 8.25. The van der Waals surface area contributed by atoms with Crippen molar-refractivity contribution < 1.29 is 4.74 Å². The van der Waals surface area contributed by atoms with E-state index in [1.54, 1.807) is 11.8 Å². The SMILES string of the molecule is C=C(C)n1cc(-n2cc3c(-c4nc(-c5cc6cn(C)nc6nc5C5CC5)n(C)c4C4CC4)cccc3n2)c(OC)n1. The van der Waals surface area contributed by atoms with E-state index >= 15 is 0 Å². The van der Waals surface area contributed by atoms with E-state index in [9.17, 15) is 0 Å². The molecule has 0 atom stereocenters. The molecule has 0 saturated heterocycles. The Labute approximate surface area is 236 Å². The van der Waals surface area contributed by atoms with Crippen LogP contribution in [0.25, 0.3) is 56.0 Å². The molecule has 2 aliphatic rings. The fourth-order valence-corrected chi connectivity index (χ4v) is 5.93. The van der Waals surface area contributed by atoms with Crippen molar-refractivity contribution in [3.63, 3.8) is 0 Å². The number of nitrogens with zero attached hydrogens (tertiary/aromatic N) is 9. The maximum atomic E-state index is 5.57. The van der Waals surface area contributed by atoms with Crippen molar-refractivity contribution in [2.75, 3.05) is 7.11 Å². The van der Waals surface area contributed by atoms with E-state index in [2.05, 4.69) is 52.8 Å². The van der Waals surface area contributed by atoms with E-state index in [1.165, 1.54) is 18.5 Å². The second-order valence-corrected chi connectivity index (χ2v) is 11.4. The first kappa shape index (κ1) is 24.1. The lowest BCUT2D eigenvalue weighted by molar-refractivity contribution is 0.392. The second-order valence-electron chi connectivity index (χ2n) is 11.4. The van der Waals surface area contributed by atoms with E-state index < -0.39 is 0 Å². The number of pyridine rings is 1. The maximum Gasteiger partial charge on any atom is 0.259 e. The number of fused-ring (bicyclic) bond motifs is 2. The molecule has 1 aromatic carbocycles. The van der Waals surface area contributed by atoms with Crippen molar-refractivity contribution in [3.05, 3.63) is 60.8 Å². The van der Waals surface area contributed by atoms with Gasteiger partial charge in [0, 0.05) is 71.6 Å². The Morgan fingerprint density at radius 1 is 0.951 bits per heavy atom. The van der Waals surface area contributed by atoms with Crippen molar-refractivity contribution in [2.45, 2.75) is 44.4 Å². The number of methoxy groups -OCH3 is 1. The van der Waals surface area contributed by atoms with Crippen LogP contribution >= 0.6 is 0 Å². The zero-order valence-corrected chi connectivity index (χ0v) is 23.7. The number of aromatic nitrogens is 9. The summed E-state index contributed by atoms with van der Waals surface area (Å²) in [5.74, 6) is 2.43. The quantitative estimate of drug-likeness (QED) is 0.251. The smallest absolute Gasteiger partial charge is 0.259 e. The maximum absolute atomic E-state index is 5.57. The molecule has 8 rings (SSSR count). The summed E-state index contributed by atoms with van der Waals surface area (Å²) < 4.78 is 13.3. The van der Waals surface area contributed by atoms with E-state index in [1.807, 2.05) is 41.8 Å². The highest BCUT2D eigenvalue weighted by Crippen LogP contribution is 2.49. The van der Waals surface area contributed by atoms with Gasteiger partial charge in [-0.25, -0.2) is 19.3 Å². The Bertz CT molecular complexity index is 2010. The Balaban J connectivity index is 1.32. The minimum absolute atomic E-state index is 0.470. The van der Waals surface area contributed by atoms with E-state index in [-0.39, 0.29) is 0 Å². The van der Waals surface area contributed by atoms with Gasteiger partial charge in [0.2, 0.25) is 0 Å². The average Bonchev–Trinajstić information content (AvgIpc) is 3.81. The number of rotatable bonds is 7. The average molecular weight is 546 g/mol. The topological polar surface area (TPSA) is 93.4 Å². The number of imidazole rings is 1. The number of allylic oxidation sites excluding steroid dienone is 1. The lowest BCUT2D eigenvalue weighted by Crippen LogP contribution is -2.01. The highest BCUT2D eigenvalue weighted by atomic mass is 16.5. The molecule has 0 bridgehead atoms. The molecule has 5 heterocycles. The molecule has 0 radical (unpaired) electrons. The van der Waals surface area contributed by atoms with Gasteiger partial charge in [-0.3, -0.25) is 4.68 Å². The van der Waals surface area contributed by atoms with Crippen LogP contribution < -0.4 is 4.74 Å². The van der Waals surface area contributed by atoms with E-state index in [0.29, 0.717) is 17.7 Å². The highest BCUT2D eigenvalue weighted by molar-refractivity contribution is 5.95. The van der Waals surface area contributed by atoms with Gasteiger partial charge >= 0.3 is 0 Å². The summed E-state index contributed by atoms with van der Waals surface area (Å²) >= 11 is 0. The molecular weight excluding hydrogens is 514 g/mol. The molecule has 10 heteroatoms. The molecule has 2 fully saturated rings. The molecular formula is C31H31N9O. The van der Waals surface area contributed by atoms with Crippen molar-refractivity contribution in [1.29, 1.82) is 0 Å². The van der Waals surface area contributed by atoms with Gasteiger partial charge in [-0.2, -0.15) is 10.2 Å². The minimum Gasteiger partial charge on any atom is -0.478 e. The molecule has 2 saturated carbocycles. The van der Waals surface area contributed by atoms with Gasteiger partial charge in [0.05, 0.1) is 30.2 Å². The van der Waals surface area contributed by atoms with E-state index in [4.69, 9.17) is 19.8 Å². The largest absolute Gasteiger partial charge is 0.478 e. The standard InChI is InChI=1S/C31H31N9O/c1-17(2)39-16-25(31(36-39)41-5)40-15-23-21(7-6-8-24(23)34-40)27-28(19-11-12-19)38(4)30(33-27)22-13-20-14-37(3)35-29(20)32-26(22)18-9-10-18/h6-8,13-16,18-19H,1,9-12H2,2-5H3. The zero-order chi connectivity index (χ0) is 28.0. The lowest BCUT2D eigenvalue weighted by Gasteiger charge is -2.10. The normalized spacial score (nSPS) is 15.3. The van der Waals surface area contributed by atoms with Gasteiger partial charge in [0.1, 0.15) is 11.5 Å². The number of aryl methyl sites for hydroxylation is 1. The van der Waals surface area contributed by atoms with Crippen LogP contribution in [0.2, 0.25) is 0 Å². The molecule has 41 heavy (non-hydrogen) atoms. The molecule has 6 aromatic rings. The summed E-state index contributed by atoms with van der Waals surface area (Å²) in [6, 6.07) is 8.49. The summed E-state index contributed by atoms with van der Waals surface area (Å²) in [6.45, 7) is 5.91. The number of hydrogen-bond donors (Lipinski definition) is 0. The van der Waals surface area contributed by atoms with Gasteiger partial charge in [0.25, 0.3) is 5.88 Å². The summed E-state index contributed by atoms with van der Waals surface area (Å²) in [5, 5.41) is 16.1. The van der Waals surface area contributed by atoms with Crippen LogP contribution in [0.4, 0.5) is 0 Å². The highest BCUT2D eigenvalue weighted by Gasteiger charge is 2.35. The van der Waals surface area contributed by atoms with Crippen molar-refractivity contribution in [2.24, 2.45) is 14.1 Å².